The van der Waals surface area contributed by atoms with E-state index in [0.29, 0.717) is 0 Å². The van der Waals surface area contributed by atoms with Crippen LogP contribution in [0, 0.1) is 0 Å². The van der Waals surface area contributed by atoms with E-state index in [1.165, 1.54) is 7.11 Å². The average molecular weight is 381 g/mol. The second-order valence-electron chi connectivity index (χ2n) is 5.95. The fourth-order valence-corrected chi connectivity index (χ4v) is 2.94. The molecule has 2 aliphatic rings. The molecule has 2 rings (SSSR count). The number of hydrogen-bond donors (Lipinski definition) is 6. The molecular weight excluding hydrogens is 358 g/mol. The maximum Gasteiger partial charge on any atom is 0.187 e. The molecule has 0 radical (unpaired) electrons. The fraction of sp³-hybridized carbons (Fsp3) is 1.00. The Morgan fingerprint density at radius 1 is 0.923 bits per heavy atom. The first-order valence-electron chi connectivity index (χ1n) is 7.86. The molecule has 0 aromatic rings. The van der Waals surface area contributed by atoms with Crippen LogP contribution in [0.15, 0.2) is 5.11 Å². The topological polar surface area (TPSA) is 207 Å². The smallest absolute Gasteiger partial charge is 0.187 e. The van der Waals surface area contributed by atoms with Gasteiger partial charge in [-0.05, 0) is 5.53 Å². The molecule has 0 spiro atoms. The summed E-state index contributed by atoms with van der Waals surface area (Å²) in [5.41, 5.74) is 8.75. The van der Waals surface area contributed by atoms with E-state index in [9.17, 15) is 30.6 Å². The number of aliphatic hydroxyl groups is 6. The van der Waals surface area contributed by atoms with E-state index >= 15 is 0 Å². The van der Waals surface area contributed by atoms with Crippen LogP contribution in [0.1, 0.15) is 0 Å². The van der Waals surface area contributed by atoms with Gasteiger partial charge in [-0.3, -0.25) is 0 Å². The highest BCUT2D eigenvalue weighted by molar-refractivity contribution is 4.97. The van der Waals surface area contributed by atoms with E-state index in [-0.39, 0.29) is 0 Å². The van der Waals surface area contributed by atoms with Crippen molar-refractivity contribution < 1.29 is 49.6 Å². The highest BCUT2D eigenvalue weighted by atomic mass is 16.7. The van der Waals surface area contributed by atoms with Gasteiger partial charge >= 0.3 is 0 Å². The number of methoxy groups -OCH3 is 1. The molecule has 0 bridgehead atoms. The third kappa shape index (κ3) is 4.08. The van der Waals surface area contributed by atoms with Gasteiger partial charge < -0.3 is 49.6 Å². The maximum absolute atomic E-state index is 10.2. The molecule has 150 valence electrons. The maximum atomic E-state index is 10.2. The molecule has 26 heavy (non-hydrogen) atoms. The van der Waals surface area contributed by atoms with Gasteiger partial charge in [-0.1, -0.05) is 5.11 Å². The zero-order chi connectivity index (χ0) is 19.4. The summed E-state index contributed by atoms with van der Waals surface area (Å²) in [6.45, 7) is -1.27. The molecule has 13 nitrogen and oxygen atoms in total. The quantitative estimate of drug-likeness (QED) is 0.152. The number of azide groups is 1. The SMILES string of the molecule is CO[C@@H]1O[C@H](CO)[C@@H](O[C@@H]2O[C@H](CO)[C@H](O)[C@H](O)[C@H]2O)[C@H](N=[N+]=[N-])[C@H]1O. The van der Waals surface area contributed by atoms with E-state index in [0.717, 1.165) is 0 Å². The second-order valence-corrected chi connectivity index (χ2v) is 5.95. The molecule has 2 fully saturated rings. The fourth-order valence-electron chi connectivity index (χ4n) is 2.94. The number of nitrogens with zero attached hydrogens (tertiary/aromatic N) is 3. The van der Waals surface area contributed by atoms with Crippen molar-refractivity contribution in [1.29, 1.82) is 0 Å². The predicted octanol–water partition coefficient (Wildman–Crippen LogP) is -3.43. The van der Waals surface area contributed by atoms with Crippen molar-refractivity contribution in [3.8, 4) is 0 Å². The summed E-state index contributed by atoms with van der Waals surface area (Å²) in [5.74, 6) is 0. The predicted molar refractivity (Wildman–Crippen MR) is 80.3 cm³/mol. The zero-order valence-electron chi connectivity index (χ0n) is 13.8. The minimum Gasteiger partial charge on any atom is -0.394 e. The van der Waals surface area contributed by atoms with Crippen molar-refractivity contribution in [1.82, 2.24) is 0 Å². The van der Waals surface area contributed by atoms with Crippen molar-refractivity contribution in [3.63, 3.8) is 0 Å². The van der Waals surface area contributed by atoms with Gasteiger partial charge in [0.2, 0.25) is 0 Å². The van der Waals surface area contributed by atoms with E-state index in [1.807, 2.05) is 0 Å². The third-order valence-electron chi connectivity index (χ3n) is 4.38. The van der Waals surface area contributed by atoms with Crippen molar-refractivity contribution in [2.75, 3.05) is 20.3 Å². The van der Waals surface area contributed by atoms with Gasteiger partial charge in [0.1, 0.15) is 42.7 Å². The first-order chi connectivity index (χ1) is 12.4. The van der Waals surface area contributed by atoms with Gasteiger partial charge in [0.25, 0.3) is 0 Å². The summed E-state index contributed by atoms with van der Waals surface area (Å²) in [6.07, 6.45) is -12.8. The van der Waals surface area contributed by atoms with Crippen molar-refractivity contribution in [2.45, 2.75) is 61.3 Å². The molecule has 0 saturated carbocycles. The Bertz CT molecular complexity index is 505. The molecule has 0 aromatic carbocycles. The van der Waals surface area contributed by atoms with Crippen LogP contribution < -0.4 is 0 Å². The Balaban J connectivity index is 2.24. The average Bonchev–Trinajstić information content (AvgIpc) is 2.65. The highest BCUT2D eigenvalue weighted by Crippen LogP contribution is 2.30. The van der Waals surface area contributed by atoms with E-state index < -0.39 is 74.6 Å². The monoisotopic (exact) mass is 381 g/mol. The lowest BCUT2D eigenvalue weighted by Gasteiger charge is -2.46. The summed E-state index contributed by atoms with van der Waals surface area (Å²) in [4.78, 5) is 2.63. The van der Waals surface area contributed by atoms with Crippen molar-refractivity contribution in [3.05, 3.63) is 10.4 Å². The van der Waals surface area contributed by atoms with Gasteiger partial charge in [0.05, 0.1) is 19.3 Å². The van der Waals surface area contributed by atoms with Gasteiger partial charge in [0.15, 0.2) is 12.6 Å². The number of ether oxygens (including phenoxy) is 4. The van der Waals surface area contributed by atoms with Gasteiger partial charge in [-0.15, -0.1) is 0 Å². The summed E-state index contributed by atoms with van der Waals surface area (Å²) < 4.78 is 21.0. The Kier molecular flexibility index (Phi) is 7.52. The minimum absolute atomic E-state index is 0.605. The number of aliphatic hydroxyl groups excluding tert-OH is 6. The van der Waals surface area contributed by atoms with Crippen LogP contribution in [0.2, 0.25) is 0 Å². The van der Waals surface area contributed by atoms with E-state index in [1.54, 1.807) is 0 Å². The van der Waals surface area contributed by atoms with Crippen LogP contribution in [-0.4, -0.2) is 112 Å². The van der Waals surface area contributed by atoms with Crippen LogP contribution in [0.4, 0.5) is 0 Å². The second kappa shape index (κ2) is 9.21. The standard InChI is InChI=1S/C13H23N3O10/c1-23-12-8(20)6(15-16-14)11(5(3-18)25-12)26-13-10(22)9(21)7(19)4(2-17)24-13/h4-13,17-22H,2-3H2,1H3/t4-,5-,6-,7+,8-,9+,10-,11-,12-,13+/m1/s1. The van der Waals surface area contributed by atoms with Crippen LogP contribution in [0.5, 0.6) is 0 Å². The number of rotatable bonds is 6. The zero-order valence-corrected chi connectivity index (χ0v) is 13.8. The first-order valence-corrected chi connectivity index (χ1v) is 7.86. The lowest BCUT2D eigenvalue weighted by atomic mass is 9.95. The highest BCUT2D eigenvalue weighted by Gasteiger charge is 2.50. The lowest BCUT2D eigenvalue weighted by molar-refractivity contribution is -0.343. The summed E-state index contributed by atoms with van der Waals surface area (Å²) in [6, 6.07) is -1.27. The van der Waals surface area contributed by atoms with Gasteiger partial charge in [-0.2, -0.15) is 0 Å². The third-order valence-corrected chi connectivity index (χ3v) is 4.38. The summed E-state index contributed by atoms with van der Waals surface area (Å²) in [7, 11) is 1.24. The molecule has 0 aliphatic carbocycles. The first kappa shape index (κ1) is 21.2. The molecule has 2 heterocycles. The Morgan fingerprint density at radius 3 is 2.08 bits per heavy atom. The van der Waals surface area contributed by atoms with Crippen LogP contribution in [0.25, 0.3) is 10.4 Å². The molecule has 0 amide bonds. The van der Waals surface area contributed by atoms with Crippen molar-refractivity contribution in [2.24, 2.45) is 5.11 Å². The van der Waals surface area contributed by atoms with Crippen LogP contribution in [0.3, 0.4) is 0 Å². The molecule has 13 heteroatoms. The Morgan fingerprint density at radius 2 is 1.54 bits per heavy atom. The molecule has 2 saturated heterocycles. The molecular formula is C13H23N3O10. The molecule has 0 aromatic heterocycles. The summed E-state index contributed by atoms with van der Waals surface area (Å²) in [5, 5.41) is 62.1. The lowest BCUT2D eigenvalue weighted by Crippen LogP contribution is -2.64. The molecule has 6 N–H and O–H groups in total. The molecule has 2 aliphatic heterocycles. The van der Waals surface area contributed by atoms with Gasteiger partial charge in [-0.25, -0.2) is 0 Å². The normalized spacial score (nSPS) is 46.6. The Hall–Kier alpha value is -1.09. The van der Waals surface area contributed by atoms with E-state index in [4.69, 9.17) is 24.5 Å². The summed E-state index contributed by atoms with van der Waals surface area (Å²) >= 11 is 0. The minimum atomic E-state index is -1.71. The molecule has 10 atom stereocenters. The van der Waals surface area contributed by atoms with E-state index in [2.05, 4.69) is 10.0 Å². The Labute approximate surface area is 147 Å². The molecule has 0 unspecified atom stereocenters. The van der Waals surface area contributed by atoms with Crippen LogP contribution >= 0.6 is 0 Å². The van der Waals surface area contributed by atoms with Crippen molar-refractivity contribution >= 4 is 0 Å². The largest absolute Gasteiger partial charge is 0.394 e. The van der Waals surface area contributed by atoms with Gasteiger partial charge in [0, 0.05) is 12.0 Å². The number of hydrogen-bond acceptors (Lipinski definition) is 11. The van der Waals surface area contributed by atoms with Crippen LogP contribution in [-0.2, 0) is 18.9 Å².